The van der Waals surface area contributed by atoms with Crippen molar-refractivity contribution < 1.29 is 22.7 Å². The van der Waals surface area contributed by atoms with E-state index < -0.39 is 16.1 Å². The molecule has 0 aliphatic heterocycles. The average molecular weight is 572 g/mol. The molecule has 10 heteroatoms. The number of sulfonamides is 1. The molecule has 0 unspecified atom stereocenters. The van der Waals surface area contributed by atoms with E-state index >= 15 is 0 Å². The Bertz CT molecular complexity index is 1370. The summed E-state index contributed by atoms with van der Waals surface area (Å²) in [6.45, 7) is 0.218. The lowest BCUT2D eigenvalue weighted by Crippen LogP contribution is -2.49. The quantitative estimate of drug-likeness (QED) is 0.330. The van der Waals surface area contributed by atoms with Crippen LogP contribution in [0.3, 0.4) is 0 Å². The zero-order chi connectivity index (χ0) is 28.4. The summed E-state index contributed by atoms with van der Waals surface area (Å²) in [7, 11) is -0.572. The number of nitrogens with one attached hydrogen (secondary N) is 1. The Morgan fingerprint density at radius 2 is 1.69 bits per heavy atom. The molecule has 8 nitrogen and oxygen atoms in total. The lowest BCUT2D eigenvalue weighted by Gasteiger charge is -2.32. The molecule has 39 heavy (non-hydrogen) atoms. The number of anilines is 1. The Morgan fingerprint density at radius 3 is 2.33 bits per heavy atom. The summed E-state index contributed by atoms with van der Waals surface area (Å²) in [6, 6.07) is 22.6. The van der Waals surface area contributed by atoms with E-state index in [4.69, 9.17) is 16.3 Å². The first-order valence-electron chi connectivity index (χ1n) is 12.5. The van der Waals surface area contributed by atoms with Gasteiger partial charge in [0.25, 0.3) is 0 Å². The molecule has 208 valence electrons. The summed E-state index contributed by atoms with van der Waals surface area (Å²) in [5, 5.41) is 3.17. The highest BCUT2D eigenvalue weighted by atomic mass is 35.5. The molecular weight excluding hydrogens is 538 g/mol. The summed E-state index contributed by atoms with van der Waals surface area (Å²) in [4.78, 5) is 28.3. The number of hydrogen-bond donors (Lipinski definition) is 1. The van der Waals surface area contributed by atoms with Gasteiger partial charge in [0, 0.05) is 44.1 Å². The predicted molar refractivity (Wildman–Crippen MR) is 154 cm³/mol. The van der Waals surface area contributed by atoms with Gasteiger partial charge in [0.15, 0.2) is 0 Å². The molecule has 1 atom stereocenters. The van der Waals surface area contributed by atoms with Crippen LogP contribution in [0.15, 0.2) is 78.9 Å². The molecule has 0 saturated heterocycles. The van der Waals surface area contributed by atoms with Crippen molar-refractivity contribution in [2.75, 3.05) is 31.3 Å². The Balaban J connectivity index is 1.85. The van der Waals surface area contributed by atoms with Crippen molar-refractivity contribution in [2.45, 2.75) is 31.8 Å². The van der Waals surface area contributed by atoms with Crippen LogP contribution in [0.5, 0.6) is 5.75 Å². The van der Waals surface area contributed by atoms with Crippen LogP contribution in [0.25, 0.3) is 0 Å². The van der Waals surface area contributed by atoms with Gasteiger partial charge in [-0.2, -0.15) is 0 Å². The fraction of sp³-hybridized carbons (Fsp3) is 0.310. The summed E-state index contributed by atoms with van der Waals surface area (Å²) < 4.78 is 31.6. The fourth-order valence-electron chi connectivity index (χ4n) is 4.30. The monoisotopic (exact) mass is 571 g/mol. The maximum Gasteiger partial charge on any atom is 0.242 e. The first kappa shape index (κ1) is 30.0. The minimum atomic E-state index is -3.62. The van der Waals surface area contributed by atoms with Crippen LogP contribution in [0.4, 0.5) is 5.69 Å². The van der Waals surface area contributed by atoms with Crippen molar-refractivity contribution in [3.8, 4) is 5.75 Å². The maximum absolute atomic E-state index is 13.7. The molecule has 3 rings (SSSR count). The highest BCUT2D eigenvalue weighted by Crippen LogP contribution is 2.25. The molecule has 3 aromatic rings. The Kier molecular flexibility index (Phi) is 10.8. The van der Waals surface area contributed by atoms with Gasteiger partial charge in [-0.15, -0.1) is 0 Å². The van der Waals surface area contributed by atoms with Gasteiger partial charge in [-0.25, -0.2) is 8.42 Å². The van der Waals surface area contributed by atoms with Crippen molar-refractivity contribution in [1.82, 2.24) is 10.2 Å². The molecule has 0 bridgehead atoms. The molecular formula is C29H34ClN3O5S. The first-order valence-corrected chi connectivity index (χ1v) is 14.8. The minimum Gasteiger partial charge on any atom is -0.497 e. The van der Waals surface area contributed by atoms with Crippen molar-refractivity contribution in [3.63, 3.8) is 0 Å². The number of methoxy groups -OCH3 is 1. The third-order valence-electron chi connectivity index (χ3n) is 6.31. The fourth-order valence-corrected chi connectivity index (χ4v) is 5.45. The van der Waals surface area contributed by atoms with Crippen LogP contribution in [0, 0.1) is 0 Å². The summed E-state index contributed by atoms with van der Waals surface area (Å²) >= 11 is 6.42. The van der Waals surface area contributed by atoms with Crippen LogP contribution in [-0.4, -0.2) is 58.1 Å². The second-order valence-corrected chi connectivity index (χ2v) is 11.4. The number of carbonyl (C=O) groups is 2. The number of likely N-dealkylation sites (N-methyl/N-ethyl adjacent to an activating group) is 1. The molecule has 0 radical (unpaired) electrons. The third-order valence-corrected chi connectivity index (χ3v) is 7.87. The molecule has 0 aliphatic carbocycles. The van der Waals surface area contributed by atoms with E-state index in [-0.39, 0.29) is 37.7 Å². The van der Waals surface area contributed by atoms with Crippen LogP contribution >= 0.6 is 11.6 Å². The second kappa shape index (κ2) is 14.0. The van der Waals surface area contributed by atoms with E-state index in [9.17, 15) is 18.0 Å². The van der Waals surface area contributed by atoms with E-state index in [1.54, 1.807) is 36.4 Å². The Morgan fingerprint density at radius 1 is 1.00 bits per heavy atom. The third kappa shape index (κ3) is 8.46. The van der Waals surface area contributed by atoms with E-state index in [2.05, 4.69) is 5.32 Å². The molecule has 0 heterocycles. The van der Waals surface area contributed by atoms with Gasteiger partial charge in [-0.05, 0) is 35.7 Å². The maximum atomic E-state index is 13.7. The number of rotatable bonds is 13. The molecule has 0 fully saturated rings. The zero-order valence-electron chi connectivity index (χ0n) is 22.3. The van der Waals surface area contributed by atoms with Crippen molar-refractivity contribution in [1.29, 1.82) is 0 Å². The van der Waals surface area contributed by atoms with Crippen molar-refractivity contribution in [2.24, 2.45) is 0 Å². The summed E-state index contributed by atoms with van der Waals surface area (Å²) in [5.74, 6) is -0.0515. The lowest BCUT2D eigenvalue weighted by atomic mass is 10.0. The molecule has 1 N–H and O–H groups in total. The van der Waals surface area contributed by atoms with Gasteiger partial charge in [-0.3, -0.25) is 13.9 Å². The number of nitrogens with zero attached hydrogens (tertiary/aromatic N) is 2. The topological polar surface area (TPSA) is 96.0 Å². The highest BCUT2D eigenvalue weighted by molar-refractivity contribution is 7.92. The van der Waals surface area contributed by atoms with Crippen molar-refractivity contribution >= 4 is 39.1 Å². The molecule has 0 saturated carbocycles. The number of ether oxygens (including phenoxy) is 1. The second-order valence-electron chi connectivity index (χ2n) is 9.07. The van der Waals surface area contributed by atoms with Gasteiger partial charge >= 0.3 is 0 Å². The normalized spacial score (nSPS) is 11.9. The number of halogens is 1. The van der Waals surface area contributed by atoms with Gasteiger partial charge < -0.3 is 15.0 Å². The zero-order valence-corrected chi connectivity index (χ0v) is 23.9. The number of amides is 2. The largest absolute Gasteiger partial charge is 0.497 e. The Hall–Kier alpha value is -3.56. The molecule has 0 spiro atoms. The first-order chi connectivity index (χ1) is 18.6. The molecule has 0 aliphatic rings. The summed E-state index contributed by atoms with van der Waals surface area (Å²) in [5.41, 5.74) is 2.07. The number of benzene rings is 3. The van der Waals surface area contributed by atoms with E-state index in [0.29, 0.717) is 28.4 Å². The van der Waals surface area contributed by atoms with Crippen LogP contribution in [0.1, 0.15) is 24.0 Å². The number of carbonyl (C=O) groups excluding carboxylic acids is 2. The van der Waals surface area contributed by atoms with Crippen LogP contribution in [0.2, 0.25) is 5.02 Å². The Labute approximate surface area is 235 Å². The van der Waals surface area contributed by atoms with Crippen LogP contribution in [-0.2, 0) is 32.6 Å². The number of hydrogen-bond acceptors (Lipinski definition) is 5. The van der Waals surface area contributed by atoms with Gasteiger partial charge in [-0.1, -0.05) is 66.2 Å². The van der Waals surface area contributed by atoms with E-state index in [1.807, 2.05) is 42.5 Å². The molecule has 2 amide bonds. The van der Waals surface area contributed by atoms with Gasteiger partial charge in [0.2, 0.25) is 21.8 Å². The lowest BCUT2D eigenvalue weighted by molar-refractivity contribution is -0.141. The van der Waals surface area contributed by atoms with E-state index in [0.717, 1.165) is 11.8 Å². The smallest absolute Gasteiger partial charge is 0.242 e. The van der Waals surface area contributed by atoms with Gasteiger partial charge in [0.05, 0.1) is 19.1 Å². The van der Waals surface area contributed by atoms with Crippen LogP contribution < -0.4 is 14.4 Å². The predicted octanol–water partition coefficient (Wildman–Crippen LogP) is 4.28. The SMILES string of the molecule is CNC(=O)[C@H](Cc1ccccc1)N(Cc1ccccc1Cl)C(=O)CCCN(c1cccc(OC)c1)S(C)(=O)=O. The van der Waals surface area contributed by atoms with E-state index in [1.165, 1.54) is 23.4 Å². The average Bonchev–Trinajstić information content (AvgIpc) is 2.93. The highest BCUT2D eigenvalue weighted by Gasteiger charge is 2.30. The molecule has 3 aromatic carbocycles. The van der Waals surface area contributed by atoms with Gasteiger partial charge in [0.1, 0.15) is 11.8 Å². The van der Waals surface area contributed by atoms with Crippen molar-refractivity contribution in [3.05, 3.63) is 95.0 Å². The molecule has 0 aromatic heterocycles. The summed E-state index contributed by atoms with van der Waals surface area (Å²) in [6.07, 6.45) is 1.71. The minimum absolute atomic E-state index is 0.0305. The standard InChI is InChI=1S/C29H34ClN3O5S/c1-31-29(35)27(19-22-11-5-4-6-12-22)32(21-23-13-7-8-16-26(23)30)28(34)17-10-18-33(39(3,36)37)24-14-9-15-25(20-24)38-2/h4-9,11-16,20,27H,10,17-19,21H2,1-3H3,(H,31,35)/t27-/m0/s1.